The molecular formula is C25H21F5N8O2. The Balaban J connectivity index is 1.58. The summed E-state index contributed by atoms with van der Waals surface area (Å²) in [7, 11) is 2.70. The van der Waals surface area contributed by atoms with E-state index in [1.807, 2.05) is 0 Å². The molecule has 0 atom stereocenters. The summed E-state index contributed by atoms with van der Waals surface area (Å²) >= 11 is 0. The van der Waals surface area contributed by atoms with Crippen LogP contribution in [0.2, 0.25) is 0 Å². The zero-order valence-corrected chi connectivity index (χ0v) is 21.0. The van der Waals surface area contributed by atoms with Gasteiger partial charge in [0, 0.05) is 30.5 Å². The average molecular weight is 560 g/mol. The number of benzene rings is 1. The normalized spacial score (nSPS) is 11.8. The number of nitrogens with zero attached hydrogens (tertiary/aromatic N) is 7. The largest absolute Gasteiger partial charge is 0.491 e. The van der Waals surface area contributed by atoms with Gasteiger partial charge in [0.1, 0.15) is 11.4 Å². The summed E-state index contributed by atoms with van der Waals surface area (Å²) in [6.45, 7) is -2.01. The van der Waals surface area contributed by atoms with Gasteiger partial charge in [0.25, 0.3) is 6.43 Å². The zero-order valence-electron chi connectivity index (χ0n) is 21.0. The first-order chi connectivity index (χ1) is 19.1. The van der Waals surface area contributed by atoms with Crippen molar-refractivity contribution in [1.82, 2.24) is 34.5 Å². The molecule has 0 aliphatic carbocycles. The Bertz CT molecular complexity index is 1640. The molecule has 0 bridgehead atoms. The van der Waals surface area contributed by atoms with Crippen LogP contribution in [0.3, 0.4) is 0 Å². The zero-order chi connectivity index (χ0) is 28.4. The molecule has 0 saturated heterocycles. The fraction of sp³-hybridized carbons (Fsp3) is 0.240. The Kier molecular flexibility index (Phi) is 7.19. The molecule has 0 spiro atoms. The lowest BCUT2D eigenvalue weighted by atomic mass is 10.2. The summed E-state index contributed by atoms with van der Waals surface area (Å²) in [6.07, 6.45) is -3.07. The summed E-state index contributed by atoms with van der Waals surface area (Å²) < 4.78 is 78.8. The Labute approximate surface area is 223 Å². The van der Waals surface area contributed by atoms with E-state index in [1.54, 1.807) is 48.8 Å². The lowest BCUT2D eigenvalue weighted by Gasteiger charge is -2.12. The van der Waals surface area contributed by atoms with Gasteiger partial charge in [0.05, 0.1) is 30.9 Å². The number of anilines is 2. The summed E-state index contributed by atoms with van der Waals surface area (Å²) in [4.78, 5) is 12.9. The van der Waals surface area contributed by atoms with Gasteiger partial charge < -0.3 is 14.8 Å². The van der Waals surface area contributed by atoms with Gasteiger partial charge in [-0.05, 0) is 18.2 Å². The van der Waals surface area contributed by atoms with Crippen LogP contribution in [0.5, 0.6) is 11.6 Å². The maximum atomic E-state index is 13.9. The van der Waals surface area contributed by atoms with Crippen LogP contribution < -0.4 is 14.8 Å². The molecule has 40 heavy (non-hydrogen) atoms. The van der Waals surface area contributed by atoms with E-state index in [1.165, 1.54) is 25.0 Å². The second-order valence-electron chi connectivity index (χ2n) is 8.49. The lowest BCUT2D eigenvalue weighted by molar-refractivity contribution is -0.154. The van der Waals surface area contributed by atoms with Crippen molar-refractivity contribution in [3.8, 4) is 23.1 Å². The summed E-state index contributed by atoms with van der Waals surface area (Å²) in [5.74, 6) is 0.458. The molecule has 1 aromatic carbocycles. The number of hydrogen-bond acceptors (Lipinski definition) is 8. The van der Waals surface area contributed by atoms with Crippen molar-refractivity contribution in [2.45, 2.75) is 19.1 Å². The fourth-order valence-electron chi connectivity index (χ4n) is 4.09. The molecule has 5 rings (SSSR count). The van der Waals surface area contributed by atoms with Crippen molar-refractivity contribution >= 4 is 22.4 Å². The highest BCUT2D eigenvalue weighted by molar-refractivity contribution is 5.92. The number of alkyl halides is 5. The Morgan fingerprint density at radius 2 is 1.80 bits per heavy atom. The molecule has 0 unspecified atom stereocenters. The smallest absolute Gasteiger partial charge is 0.422 e. The highest BCUT2D eigenvalue weighted by atomic mass is 19.4. The third-order valence-electron chi connectivity index (χ3n) is 5.79. The molecule has 208 valence electrons. The van der Waals surface area contributed by atoms with E-state index >= 15 is 0 Å². The van der Waals surface area contributed by atoms with E-state index in [0.717, 1.165) is 4.68 Å². The van der Waals surface area contributed by atoms with Crippen LogP contribution >= 0.6 is 0 Å². The SMILES string of the molecule is COc1cnc(-c2nn(Cc3c(C(F)F)nn(C)c3OCC(F)(F)F)c3ccccc23)nc1Nc1ccncc1. The number of ether oxygens (including phenoxy) is 2. The van der Waals surface area contributed by atoms with Gasteiger partial charge in [-0.1, -0.05) is 18.2 Å². The third-order valence-corrected chi connectivity index (χ3v) is 5.79. The standard InChI is InChI=1S/C25H21F5N8O2/c1-37-24(40-13-25(28,29)30)16(19(35-37)21(26)27)12-38-17-6-4-3-5-15(17)20(36-38)23-32-11-18(39-2)22(34-23)33-14-7-9-31-10-8-14/h3-11,21H,12-13H2,1-2H3,(H,31,32,33,34). The second-order valence-corrected chi connectivity index (χ2v) is 8.49. The van der Waals surface area contributed by atoms with Crippen LogP contribution in [0.4, 0.5) is 33.5 Å². The van der Waals surface area contributed by atoms with Crippen molar-refractivity contribution in [2.75, 3.05) is 19.0 Å². The number of para-hydroxylation sites is 1. The molecule has 0 amide bonds. The van der Waals surface area contributed by atoms with Crippen LogP contribution in [-0.2, 0) is 13.6 Å². The summed E-state index contributed by atoms with van der Waals surface area (Å²) in [5, 5.41) is 12.0. The monoisotopic (exact) mass is 560 g/mol. The molecule has 15 heteroatoms. The molecule has 0 aliphatic heterocycles. The van der Waals surface area contributed by atoms with Crippen LogP contribution in [0.25, 0.3) is 22.4 Å². The number of pyridine rings is 1. The van der Waals surface area contributed by atoms with Gasteiger partial charge >= 0.3 is 6.18 Å². The molecule has 0 aliphatic rings. The topological polar surface area (TPSA) is 105 Å². The Morgan fingerprint density at radius 1 is 1.05 bits per heavy atom. The van der Waals surface area contributed by atoms with Crippen molar-refractivity contribution in [1.29, 1.82) is 0 Å². The number of aromatic nitrogens is 7. The number of aryl methyl sites for hydroxylation is 1. The van der Waals surface area contributed by atoms with Crippen LogP contribution in [0.15, 0.2) is 55.0 Å². The first kappa shape index (κ1) is 26.8. The van der Waals surface area contributed by atoms with E-state index in [4.69, 9.17) is 9.47 Å². The molecule has 4 heterocycles. The molecular weight excluding hydrogens is 539 g/mol. The molecule has 1 N–H and O–H groups in total. The second kappa shape index (κ2) is 10.7. The van der Waals surface area contributed by atoms with E-state index in [2.05, 4.69) is 30.5 Å². The number of fused-ring (bicyclic) bond motifs is 1. The predicted molar refractivity (Wildman–Crippen MR) is 134 cm³/mol. The minimum Gasteiger partial charge on any atom is -0.491 e. The van der Waals surface area contributed by atoms with Gasteiger partial charge in [-0.25, -0.2) is 23.4 Å². The first-order valence-electron chi connectivity index (χ1n) is 11.7. The average Bonchev–Trinajstić information content (AvgIpc) is 3.45. The van der Waals surface area contributed by atoms with Crippen molar-refractivity contribution in [3.05, 3.63) is 66.2 Å². The molecule has 0 saturated carbocycles. The third kappa shape index (κ3) is 5.48. The van der Waals surface area contributed by atoms with E-state index in [9.17, 15) is 22.0 Å². The maximum Gasteiger partial charge on any atom is 0.422 e. The van der Waals surface area contributed by atoms with E-state index < -0.39 is 30.8 Å². The minimum atomic E-state index is -4.67. The lowest BCUT2D eigenvalue weighted by Crippen LogP contribution is -2.21. The van der Waals surface area contributed by atoms with E-state index in [-0.39, 0.29) is 17.9 Å². The Hall–Kier alpha value is -4.82. The van der Waals surface area contributed by atoms with Gasteiger partial charge in [0.2, 0.25) is 5.88 Å². The number of halogens is 5. The highest BCUT2D eigenvalue weighted by Crippen LogP contribution is 2.34. The van der Waals surface area contributed by atoms with Gasteiger partial charge in [-0.2, -0.15) is 23.4 Å². The highest BCUT2D eigenvalue weighted by Gasteiger charge is 2.32. The predicted octanol–water partition coefficient (Wildman–Crippen LogP) is 5.30. The van der Waals surface area contributed by atoms with E-state index in [0.29, 0.717) is 33.9 Å². The number of rotatable bonds is 9. The van der Waals surface area contributed by atoms with Gasteiger partial charge in [0.15, 0.2) is 24.0 Å². The molecule has 5 aromatic rings. The van der Waals surface area contributed by atoms with Crippen LogP contribution in [-0.4, -0.2) is 54.4 Å². The van der Waals surface area contributed by atoms with Crippen LogP contribution in [0, 0.1) is 0 Å². The molecule has 0 fully saturated rings. The van der Waals surface area contributed by atoms with Crippen molar-refractivity contribution < 1.29 is 31.4 Å². The number of nitrogens with one attached hydrogen (secondary N) is 1. The molecule has 4 aromatic heterocycles. The number of methoxy groups -OCH3 is 1. The summed E-state index contributed by atoms with van der Waals surface area (Å²) in [5.41, 5.74) is 0.584. The fourth-order valence-corrected chi connectivity index (χ4v) is 4.09. The van der Waals surface area contributed by atoms with Crippen molar-refractivity contribution in [3.63, 3.8) is 0 Å². The number of hydrogen-bond donors (Lipinski definition) is 1. The Morgan fingerprint density at radius 3 is 2.50 bits per heavy atom. The molecule has 0 radical (unpaired) electrons. The first-order valence-corrected chi connectivity index (χ1v) is 11.7. The maximum absolute atomic E-state index is 13.9. The van der Waals surface area contributed by atoms with Gasteiger partial charge in [-0.3, -0.25) is 9.67 Å². The molecule has 10 nitrogen and oxygen atoms in total. The van der Waals surface area contributed by atoms with Gasteiger partial charge in [-0.15, -0.1) is 0 Å². The summed E-state index contributed by atoms with van der Waals surface area (Å²) in [6, 6.07) is 10.4. The minimum absolute atomic E-state index is 0.195. The van der Waals surface area contributed by atoms with Crippen molar-refractivity contribution in [2.24, 2.45) is 7.05 Å². The van der Waals surface area contributed by atoms with Crippen LogP contribution in [0.1, 0.15) is 17.7 Å². The quantitative estimate of drug-likeness (QED) is 0.242.